The van der Waals surface area contributed by atoms with Gasteiger partial charge in [0.05, 0.1) is 11.9 Å². The van der Waals surface area contributed by atoms with Crippen molar-refractivity contribution in [1.29, 1.82) is 0 Å². The number of rotatable bonds is 2. The molecule has 16 heavy (non-hydrogen) atoms. The third kappa shape index (κ3) is 1.95. The first-order valence-corrected chi connectivity index (χ1v) is 4.92. The molecule has 0 atom stereocenters. The lowest BCUT2D eigenvalue weighted by molar-refractivity contribution is 0.103. The molecule has 0 aliphatic carbocycles. The van der Waals surface area contributed by atoms with Gasteiger partial charge in [-0.05, 0) is 25.5 Å². The Labute approximate surface area is 93.4 Å². The van der Waals surface area contributed by atoms with Crippen molar-refractivity contribution in [2.24, 2.45) is 0 Å². The van der Waals surface area contributed by atoms with Crippen molar-refractivity contribution in [3.8, 4) is 0 Å². The van der Waals surface area contributed by atoms with Crippen LogP contribution in [0.4, 0.5) is 0 Å². The Kier molecular flexibility index (Phi) is 2.72. The van der Waals surface area contributed by atoms with Crippen LogP contribution in [0.1, 0.15) is 27.3 Å². The highest BCUT2D eigenvalue weighted by Gasteiger charge is 2.13. The molecule has 80 valence electrons. The van der Waals surface area contributed by atoms with Crippen LogP contribution in [0.3, 0.4) is 0 Å². The zero-order valence-electron chi connectivity index (χ0n) is 9.14. The second-order valence-electron chi connectivity index (χ2n) is 3.56. The highest BCUT2D eigenvalue weighted by molar-refractivity contribution is 6.08. The highest BCUT2D eigenvalue weighted by Crippen LogP contribution is 2.10. The lowest BCUT2D eigenvalue weighted by Gasteiger charge is -2.02. The van der Waals surface area contributed by atoms with Gasteiger partial charge in [-0.15, -0.1) is 0 Å². The Morgan fingerprint density at radius 1 is 1.12 bits per heavy atom. The topological polar surface area (TPSA) is 55.7 Å². The number of ketones is 1. The number of nitrogens with zero attached hydrogens (tertiary/aromatic N) is 3. The summed E-state index contributed by atoms with van der Waals surface area (Å²) in [6.07, 6.45) is 6.29. The second kappa shape index (κ2) is 4.18. The van der Waals surface area contributed by atoms with Crippen molar-refractivity contribution in [2.75, 3.05) is 0 Å². The van der Waals surface area contributed by atoms with Crippen LogP contribution in [0.2, 0.25) is 0 Å². The summed E-state index contributed by atoms with van der Waals surface area (Å²) in [6, 6.07) is 1.80. The minimum Gasteiger partial charge on any atom is -0.287 e. The van der Waals surface area contributed by atoms with Gasteiger partial charge < -0.3 is 0 Å². The maximum atomic E-state index is 12.0. The summed E-state index contributed by atoms with van der Waals surface area (Å²) in [5.74, 6) is -0.141. The lowest BCUT2D eigenvalue weighted by atomic mass is 10.1. The Morgan fingerprint density at radius 2 is 1.94 bits per heavy atom. The highest BCUT2D eigenvalue weighted by atomic mass is 16.1. The number of pyridine rings is 1. The molecule has 0 fully saturated rings. The summed E-state index contributed by atoms with van der Waals surface area (Å²) < 4.78 is 0. The van der Waals surface area contributed by atoms with Gasteiger partial charge in [-0.3, -0.25) is 14.8 Å². The Morgan fingerprint density at radius 3 is 2.56 bits per heavy atom. The standard InChI is InChI=1S/C12H11N3O/c1-8-3-4-13-6-10(8)12(16)11-7-14-9(2)5-15-11/h3-7H,1-2H3. The Bertz CT molecular complexity index is 520. The molecule has 0 bridgehead atoms. The molecule has 0 N–H and O–H groups in total. The van der Waals surface area contributed by atoms with Crippen LogP contribution in [0, 0.1) is 13.8 Å². The fraction of sp³-hybridized carbons (Fsp3) is 0.167. The maximum absolute atomic E-state index is 12.0. The van der Waals surface area contributed by atoms with Gasteiger partial charge in [0.15, 0.2) is 0 Å². The minimum absolute atomic E-state index is 0.141. The van der Waals surface area contributed by atoms with E-state index in [1.165, 1.54) is 6.20 Å². The SMILES string of the molecule is Cc1cnc(C(=O)c2cnccc2C)cn1. The fourth-order valence-corrected chi connectivity index (χ4v) is 1.35. The van der Waals surface area contributed by atoms with Crippen LogP contribution in [0.5, 0.6) is 0 Å². The molecular formula is C12H11N3O. The van der Waals surface area contributed by atoms with Gasteiger partial charge in [-0.2, -0.15) is 0 Å². The van der Waals surface area contributed by atoms with Crippen LogP contribution in [0.25, 0.3) is 0 Å². The van der Waals surface area contributed by atoms with E-state index in [1.807, 2.05) is 13.8 Å². The third-order valence-corrected chi connectivity index (χ3v) is 2.30. The monoisotopic (exact) mass is 213 g/mol. The van der Waals surface area contributed by atoms with E-state index >= 15 is 0 Å². The van der Waals surface area contributed by atoms with Crippen molar-refractivity contribution < 1.29 is 4.79 Å². The first kappa shape index (κ1) is 10.4. The molecule has 0 spiro atoms. The van der Waals surface area contributed by atoms with Crippen LogP contribution in [-0.4, -0.2) is 20.7 Å². The molecule has 0 amide bonds. The van der Waals surface area contributed by atoms with Gasteiger partial charge in [-0.1, -0.05) is 0 Å². The quantitative estimate of drug-likeness (QED) is 0.713. The number of aromatic nitrogens is 3. The molecule has 0 unspecified atom stereocenters. The summed E-state index contributed by atoms with van der Waals surface area (Å²) in [5.41, 5.74) is 2.60. The van der Waals surface area contributed by atoms with Gasteiger partial charge in [0.25, 0.3) is 0 Å². The number of aryl methyl sites for hydroxylation is 2. The fourth-order valence-electron chi connectivity index (χ4n) is 1.35. The van der Waals surface area contributed by atoms with E-state index in [-0.39, 0.29) is 5.78 Å². The summed E-state index contributed by atoms with van der Waals surface area (Å²) in [7, 11) is 0. The van der Waals surface area contributed by atoms with Crippen LogP contribution < -0.4 is 0 Å². The van der Waals surface area contributed by atoms with Gasteiger partial charge in [0.1, 0.15) is 5.69 Å². The zero-order valence-corrected chi connectivity index (χ0v) is 9.14. The molecule has 4 nitrogen and oxygen atoms in total. The van der Waals surface area contributed by atoms with Gasteiger partial charge in [0.2, 0.25) is 5.78 Å². The maximum Gasteiger partial charge on any atom is 0.214 e. The van der Waals surface area contributed by atoms with E-state index in [9.17, 15) is 4.79 Å². The predicted octanol–water partition coefficient (Wildman–Crippen LogP) is 1.72. The molecule has 2 rings (SSSR count). The van der Waals surface area contributed by atoms with Gasteiger partial charge in [-0.25, -0.2) is 4.98 Å². The van der Waals surface area contributed by atoms with Crippen molar-refractivity contribution in [2.45, 2.75) is 13.8 Å². The van der Waals surface area contributed by atoms with Gasteiger partial charge >= 0.3 is 0 Å². The zero-order chi connectivity index (χ0) is 11.5. The number of hydrogen-bond acceptors (Lipinski definition) is 4. The van der Waals surface area contributed by atoms with Crippen LogP contribution >= 0.6 is 0 Å². The summed E-state index contributed by atoms with van der Waals surface area (Å²) in [4.78, 5) is 24.1. The average molecular weight is 213 g/mol. The van der Waals surface area contributed by atoms with E-state index in [0.717, 1.165) is 11.3 Å². The van der Waals surface area contributed by atoms with Gasteiger partial charge in [0, 0.05) is 24.2 Å². The molecule has 0 aliphatic rings. The van der Waals surface area contributed by atoms with Crippen molar-refractivity contribution >= 4 is 5.78 Å². The largest absolute Gasteiger partial charge is 0.287 e. The summed E-state index contributed by atoms with van der Waals surface area (Å²) in [5, 5.41) is 0. The normalized spacial score (nSPS) is 10.1. The Hall–Kier alpha value is -2.10. The van der Waals surface area contributed by atoms with E-state index in [1.54, 1.807) is 24.7 Å². The third-order valence-electron chi connectivity index (χ3n) is 2.30. The average Bonchev–Trinajstić information content (AvgIpc) is 2.30. The first-order chi connectivity index (χ1) is 7.68. The number of carbonyl (C=O) groups is 1. The van der Waals surface area contributed by atoms with Crippen molar-refractivity contribution in [3.63, 3.8) is 0 Å². The summed E-state index contributed by atoms with van der Waals surface area (Å²) >= 11 is 0. The van der Waals surface area contributed by atoms with E-state index in [0.29, 0.717) is 11.3 Å². The molecule has 0 aromatic carbocycles. The smallest absolute Gasteiger partial charge is 0.214 e. The van der Waals surface area contributed by atoms with E-state index < -0.39 is 0 Å². The first-order valence-electron chi connectivity index (χ1n) is 4.92. The molecule has 0 saturated carbocycles. The molecule has 4 heteroatoms. The molecule has 0 radical (unpaired) electrons. The lowest BCUT2D eigenvalue weighted by Crippen LogP contribution is -2.07. The number of hydrogen-bond donors (Lipinski definition) is 0. The van der Waals surface area contributed by atoms with E-state index in [4.69, 9.17) is 0 Å². The van der Waals surface area contributed by atoms with Crippen molar-refractivity contribution in [3.05, 3.63) is 53.4 Å². The Balaban J connectivity index is 2.40. The van der Waals surface area contributed by atoms with Crippen LogP contribution in [-0.2, 0) is 0 Å². The molecule has 0 saturated heterocycles. The molecule has 2 heterocycles. The minimum atomic E-state index is -0.141. The second-order valence-corrected chi connectivity index (χ2v) is 3.56. The molecular weight excluding hydrogens is 202 g/mol. The molecule has 2 aromatic rings. The van der Waals surface area contributed by atoms with Crippen molar-refractivity contribution in [1.82, 2.24) is 15.0 Å². The predicted molar refractivity (Wildman–Crippen MR) is 59.2 cm³/mol. The molecule has 0 aliphatic heterocycles. The van der Waals surface area contributed by atoms with E-state index in [2.05, 4.69) is 15.0 Å². The molecule has 2 aromatic heterocycles. The number of carbonyl (C=O) groups excluding carboxylic acids is 1. The van der Waals surface area contributed by atoms with Crippen LogP contribution in [0.15, 0.2) is 30.9 Å². The summed E-state index contributed by atoms with van der Waals surface area (Å²) in [6.45, 7) is 3.70.